The maximum Gasteiger partial charge on any atom is 0.261 e. The molecule has 0 radical (unpaired) electrons. The first-order valence-corrected chi connectivity index (χ1v) is 7.89. The summed E-state index contributed by atoms with van der Waals surface area (Å²) in [7, 11) is 0.723. The van der Waals surface area contributed by atoms with Crippen LogP contribution < -0.4 is 10.1 Å². The van der Waals surface area contributed by atoms with Crippen molar-refractivity contribution in [2.24, 2.45) is 0 Å². The molecule has 1 aromatic rings. The molecule has 0 spiro atoms. The molecule has 0 aliphatic rings. The van der Waals surface area contributed by atoms with E-state index >= 15 is 0 Å². The Balaban J connectivity index is 2.85. The van der Waals surface area contributed by atoms with Crippen LogP contribution in [0.2, 0.25) is 0 Å². The van der Waals surface area contributed by atoms with Gasteiger partial charge in [-0.3, -0.25) is 4.79 Å². The van der Waals surface area contributed by atoms with Gasteiger partial charge in [0.1, 0.15) is 0 Å². The summed E-state index contributed by atoms with van der Waals surface area (Å²) < 4.78 is 53.7. The molecule has 20 heavy (non-hydrogen) atoms. The SMILES string of the molecule is CCCNC(=O)COc1c(F)cc(S(=O)(=O)Cl)cc1F. The highest BCUT2D eigenvalue weighted by molar-refractivity contribution is 8.13. The number of amides is 1. The van der Waals surface area contributed by atoms with Crippen molar-refractivity contribution in [2.45, 2.75) is 18.2 Å². The first-order valence-electron chi connectivity index (χ1n) is 5.59. The highest BCUT2D eigenvalue weighted by Crippen LogP contribution is 2.27. The molecular weight excluding hydrogens is 316 g/mol. The van der Waals surface area contributed by atoms with Crippen molar-refractivity contribution in [1.82, 2.24) is 5.32 Å². The maximum atomic E-state index is 13.5. The van der Waals surface area contributed by atoms with Gasteiger partial charge in [0.25, 0.3) is 15.0 Å². The lowest BCUT2D eigenvalue weighted by atomic mass is 10.3. The van der Waals surface area contributed by atoms with Gasteiger partial charge in [-0.2, -0.15) is 0 Å². The zero-order valence-electron chi connectivity index (χ0n) is 10.5. The summed E-state index contributed by atoms with van der Waals surface area (Å²) >= 11 is 0. The molecule has 1 aromatic carbocycles. The van der Waals surface area contributed by atoms with Crippen LogP contribution in [0, 0.1) is 11.6 Å². The molecule has 0 fully saturated rings. The summed E-state index contributed by atoms with van der Waals surface area (Å²) in [5.74, 6) is -3.89. The monoisotopic (exact) mass is 327 g/mol. The summed E-state index contributed by atoms with van der Waals surface area (Å²) in [6.07, 6.45) is 0.705. The average Bonchev–Trinajstić information content (AvgIpc) is 2.34. The van der Waals surface area contributed by atoms with Gasteiger partial charge in [-0.15, -0.1) is 0 Å². The van der Waals surface area contributed by atoms with Crippen LogP contribution >= 0.6 is 10.7 Å². The van der Waals surface area contributed by atoms with E-state index in [1.807, 2.05) is 6.92 Å². The van der Waals surface area contributed by atoms with E-state index in [9.17, 15) is 22.0 Å². The van der Waals surface area contributed by atoms with Crippen LogP contribution in [-0.4, -0.2) is 27.5 Å². The highest BCUT2D eigenvalue weighted by Gasteiger charge is 2.19. The number of halogens is 3. The molecule has 0 saturated heterocycles. The van der Waals surface area contributed by atoms with Gasteiger partial charge < -0.3 is 10.1 Å². The van der Waals surface area contributed by atoms with E-state index in [1.165, 1.54) is 0 Å². The Labute approximate surface area is 119 Å². The fraction of sp³-hybridized carbons (Fsp3) is 0.364. The molecule has 9 heteroatoms. The Bertz CT molecular complexity index is 583. The molecule has 0 aliphatic heterocycles. The van der Waals surface area contributed by atoms with Crippen LogP contribution in [0.3, 0.4) is 0 Å². The second kappa shape index (κ2) is 6.85. The molecule has 1 rings (SSSR count). The number of hydrogen-bond donors (Lipinski definition) is 1. The van der Waals surface area contributed by atoms with Gasteiger partial charge in [-0.25, -0.2) is 17.2 Å². The predicted octanol–water partition coefficient (Wildman–Crippen LogP) is 1.80. The lowest BCUT2D eigenvalue weighted by molar-refractivity contribution is -0.123. The average molecular weight is 328 g/mol. The third kappa shape index (κ3) is 4.61. The molecule has 0 unspecified atom stereocenters. The Kier molecular flexibility index (Phi) is 5.70. The van der Waals surface area contributed by atoms with Crippen LogP contribution in [-0.2, 0) is 13.8 Å². The Morgan fingerprint density at radius 1 is 1.35 bits per heavy atom. The van der Waals surface area contributed by atoms with Crippen molar-refractivity contribution in [1.29, 1.82) is 0 Å². The second-order valence-corrected chi connectivity index (χ2v) is 6.36. The molecule has 0 bridgehead atoms. The van der Waals surface area contributed by atoms with Crippen LogP contribution in [0.25, 0.3) is 0 Å². The quantitative estimate of drug-likeness (QED) is 0.809. The van der Waals surface area contributed by atoms with Crippen LogP contribution in [0.4, 0.5) is 8.78 Å². The molecule has 1 amide bonds. The normalized spacial score (nSPS) is 11.2. The van der Waals surface area contributed by atoms with Crippen LogP contribution in [0.1, 0.15) is 13.3 Å². The molecule has 0 heterocycles. The largest absolute Gasteiger partial charge is 0.478 e. The predicted molar refractivity (Wildman–Crippen MR) is 68.2 cm³/mol. The van der Waals surface area contributed by atoms with Crippen molar-refractivity contribution in [3.8, 4) is 5.75 Å². The summed E-state index contributed by atoms with van der Waals surface area (Å²) in [4.78, 5) is 10.5. The standard InChI is InChI=1S/C11H12ClF2NO4S/c1-2-3-15-10(16)6-19-11-8(13)4-7(5-9(11)14)20(12,17)18/h4-5H,2-3,6H2,1H3,(H,15,16). The van der Waals surface area contributed by atoms with Gasteiger partial charge in [0.2, 0.25) is 0 Å². The van der Waals surface area contributed by atoms with Gasteiger partial charge in [0.15, 0.2) is 24.0 Å². The summed E-state index contributed by atoms with van der Waals surface area (Å²) in [5.41, 5.74) is 0. The zero-order chi connectivity index (χ0) is 15.3. The molecule has 5 nitrogen and oxygen atoms in total. The molecule has 0 aliphatic carbocycles. The molecule has 0 aromatic heterocycles. The number of nitrogens with one attached hydrogen (secondary N) is 1. The Morgan fingerprint density at radius 3 is 2.35 bits per heavy atom. The summed E-state index contributed by atoms with van der Waals surface area (Å²) in [5, 5.41) is 2.45. The minimum absolute atomic E-state index is 0.413. The highest BCUT2D eigenvalue weighted by atomic mass is 35.7. The zero-order valence-corrected chi connectivity index (χ0v) is 12.0. The number of ether oxygens (including phenoxy) is 1. The lowest BCUT2D eigenvalue weighted by Crippen LogP contribution is -2.29. The van der Waals surface area contributed by atoms with Gasteiger partial charge in [0, 0.05) is 17.2 Å². The third-order valence-corrected chi connectivity index (χ3v) is 3.51. The summed E-state index contributed by atoms with van der Waals surface area (Å²) in [6, 6.07) is 1.04. The van der Waals surface area contributed by atoms with Crippen LogP contribution in [0.5, 0.6) is 5.75 Å². The number of hydrogen-bond acceptors (Lipinski definition) is 4. The first kappa shape index (κ1) is 16.6. The van der Waals surface area contributed by atoms with E-state index in [-0.39, 0.29) is 0 Å². The summed E-state index contributed by atoms with van der Waals surface area (Å²) in [6.45, 7) is 1.67. The van der Waals surface area contributed by atoms with Crippen molar-refractivity contribution in [2.75, 3.05) is 13.2 Å². The van der Waals surface area contributed by atoms with E-state index < -0.39 is 43.8 Å². The number of rotatable bonds is 6. The molecular formula is C11H12ClF2NO4S. The first-order chi connectivity index (χ1) is 9.25. The molecule has 0 atom stereocenters. The fourth-order valence-corrected chi connectivity index (χ4v) is 2.02. The van der Waals surface area contributed by atoms with Gasteiger partial charge in [-0.05, 0) is 18.6 Å². The minimum Gasteiger partial charge on any atom is -0.478 e. The topological polar surface area (TPSA) is 72.5 Å². The van der Waals surface area contributed by atoms with Crippen molar-refractivity contribution in [3.63, 3.8) is 0 Å². The van der Waals surface area contributed by atoms with E-state index in [1.54, 1.807) is 0 Å². The van der Waals surface area contributed by atoms with Crippen molar-refractivity contribution < 1.29 is 26.7 Å². The van der Waals surface area contributed by atoms with E-state index in [0.717, 1.165) is 0 Å². The van der Waals surface area contributed by atoms with E-state index in [2.05, 4.69) is 5.32 Å². The van der Waals surface area contributed by atoms with Crippen molar-refractivity contribution in [3.05, 3.63) is 23.8 Å². The fourth-order valence-electron chi connectivity index (χ4n) is 1.27. The lowest BCUT2D eigenvalue weighted by Gasteiger charge is -2.09. The molecule has 112 valence electrons. The maximum absolute atomic E-state index is 13.5. The van der Waals surface area contributed by atoms with Crippen LogP contribution in [0.15, 0.2) is 17.0 Å². The second-order valence-electron chi connectivity index (χ2n) is 3.79. The Morgan fingerprint density at radius 2 is 1.90 bits per heavy atom. The molecule has 1 N–H and O–H groups in total. The van der Waals surface area contributed by atoms with Crippen molar-refractivity contribution >= 4 is 25.6 Å². The smallest absolute Gasteiger partial charge is 0.261 e. The van der Waals surface area contributed by atoms with E-state index in [0.29, 0.717) is 25.1 Å². The van der Waals surface area contributed by atoms with Gasteiger partial charge >= 0.3 is 0 Å². The Hall–Kier alpha value is -1.41. The minimum atomic E-state index is -4.25. The third-order valence-electron chi connectivity index (χ3n) is 2.17. The van der Waals surface area contributed by atoms with Gasteiger partial charge in [-0.1, -0.05) is 6.92 Å². The molecule has 0 saturated carbocycles. The van der Waals surface area contributed by atoms with Gasteiger partial charge in [0.05, 0.1) is 4.90 Å². The van der Waals surface area contributed by atoms with E-state index in [4.69, 9.17) is 15.4 Å². The number of carbonyl (C=O) groups excluding carboxylic acids is 1. The number of carbonyl (C=O) groups is 1. The number of benzene rings is 1.